The highest BCUT2D eigenvalue weighted by molar-refractivity contribution is 7.92. The number of rotatable bonds is 6. The van der Waals surface area contributed by atoms with E-state index in [2.05, 4.69) is 0 Å². The number of aryl methyl sites for hydroxylation is 4. The quantitative estimate of drug-likeness (QED) is 0.166. The second kappa shape index (κ2) is 12.2. The zero-order valence-electron chi connectivity index (χ0n) is 27.8. The van der Waals surface area contributed by atoms with E-state index in [9.17, 15) is 28.8 Å². The maximum Gasteiger partial charge on any atom is 0.156 e. The van der Waals surface area contributed by atoms with Gasteiger partial charge in [-0.25, -0.2) is 8.42 Å². The average molecular weight is 655 g/mol. The van der Waals surface area contributed by atoms with E-state index in [4.69, 9.17) is 0 Å². The van der Waals surface area contributed by atoms with Crippen molar-refractivity contribution in [2.45, 2.75) is 100 Å². The van der Waals surface area contributed by atoms with Crippen LogP contribution in [0.5, 0.6) is 23.0 Å². The van der Waals surface area contributed by atoms with E-state index in [0.29, 0.717) is 51.4 Å². The van der Waals surface area contributed by atoms with Gasteiger partial charge in [0.1, 0.15) is 23.0 Å². The van der Waals surface area contributed by atoms with Gasteiger partial charge in [-0.2, -0.15) is 0 Å². The fourth-order valence-corrected chi connectivity index (χ4v) is 10.7. The predicted molar refractivity (Wildman–Crippen MR) is 186 cm³/mol. The predicted octanol–water partition coefficient (Wildman–Crippen LogP) is 8.32. The summed E-state index contributed by atoms with van der Waals surface area (Å²) in [5.74, 6) is 0.946. The van der Waals surface area contributed by atoms with Crippen LogP contribution in [-0.2, 0) is 20.7 Å². The fraction of sp³-hybridized carbons (Fsp3) is 0.400. The summed E-state index contributed by atoms with van der Waals surface area (Å²) in [6, 6.07) is 22.8. The monoisotopic (exact) mass is 654 g/mol. The van der Waals surface area contributed by atoms with Crippen molar-refractivity contribution in [2.24, 2.45) is 0 Å². The standard InChI is InChI=1S/C40H46O6S/c1-25-21-29(5-9-35(25)41)39(30-6-10-36(42)26(2)22-30)17-13-33(14-18-39)47(45,46)34-15-19-40(20-16-34,31-7-11-37(43)27(3)23-31)32-8-12-38(44)28(4)24-32/h5-12,21-24,33-34,41-44H,13-20H2,1-4H3. The molecule has 0 saturated heterocycles. The molecule has 2 aliphatic rings. The molecular formula is C40H46O6S. The Bertz CT molecular complexity index is 1670. The summed E-state index contributed by atoms with van der Waals surface area (Å²) < 4.78 is 28.7. The summed E-state index contributed by atoms with van der Waals surface area (Å²) in [6.07, 6.45) is 4.78. The fourth-order valence-electron chi connectivity index (χ4n) is 8.40. The number of phenols is 4. The molecule has 0 atom stereocenters. The molecule has 0 bridgehead atoms. The summed E-state index contributed by atoms with van der Waals surface area (Å²) in [6.45, 7) is 7.53. The molecule has 6 rings (SSSR count). The first-order chi connectivity index (χ1) is 22.3. The molecule has 47 heavy (non-hydrogen) atoms. The molecule has 4 N–H and O–H groups in total. The molecule has 6 nitrogen and oxygen atoms in total. The third kappa shape index (κ3) is 5.77. The van der Waals surface area contributed by atoms with Crippen LogP contribution in [-0.4, -0.2) is 39.3 Å². The van der Waals surface area contributed by atoms with E-state index < -0.39 is 31.2 Å². The van der Waals surface area contributed by atoms with E-state index in [1.54, 1.807) is 24.3 Å². The van der Waals surface area contributed by atoms with Crippen molar-refractivity contribution in [3.8, 4) is 23.0 Å². The normalized spacial score (nSPS) is 18.6. The van der Waals surface area contributed by atoms with Gasteiger partial charge in [-0.05, 0) is 148 Å². The van der Waals surface area contributed by atoms with Gasteiger partial charge in [0.15, 0.2) is 9.84 Å². The Labute approximate surface area is 278 Å². The minimum atomic E-state index is -3.43. The van der Waals surface area contributed by atoms with Crippen molar-refractivity contribution in [1.29, 1.82) is 0 Å². The first kappa shape index (κ1) is 33.0. The molecular weight excluding hydrogens is 609 g/mol. The topological polar surface area (TPSA) is 115 Å². The molecule has 0 amide bonds. The van der Waals surface area contributed by atoms with Crippen molar-refractivity contribution < 1.29 is 28.8 Å². The number of sulfone groups is 1. The van der Waals surface area contributed by atoms with Crippen LogP contribution in [0.25, 0.3) is 0 Å². The molecule has 0 heterocycles. The third-order valence-corrected chi connectivity index (χ3v) is 14.3. The van der Waals surface area contributed by atoms with Gasteiger partial charge in [0.2, 0.25) is 0 Å². The number of hydrogen-bond donors (Lipinski definition) is 4. The van der Waals surface area contributed by atoms with Crippen LogP contribution in [0, 0.1) is 27.7 Å². The molecule has 2 saturated carbocycles. The van der Waals surface area contributed by atoms with Gasteiger partial charge in [0.25, 0.3) is 0 Å². The van der Waals surface area contributed by atoms with Gasteiger partial charge < -0.3 is 20.4 Å². The largest absolute Gasteiger partial charge is 0.508 e. The highest BCUT2D eigenvalue weighted by Crippen LogP contribution is 2.51. The number of benzene rings is 4. The summed E-state index contributed by atoms with van der Waals surface area (Å²) in [7, 11) is -3.43. The molecule has 0 aliphatic heterocycles. The molecule has 0 unspecified atom stereocenters. The lowest BCUT2D eigenvalue weighted by atomic mass is 9.64. The second-order valence-corrected chi connectivity index (χ2v) is 16.7. The Balaban J connectivity index is 1.27. The third-order valence-electron chi connectivity index (χ3n) is 11.5. The smallest absolute Gasteiger partial charge is 0.156 e. The van der Waals surface area contributed by atoms with Gasteiger partial charge in [-0.15, -0.1) is 0 Å². The maximum absolute atomic E-state index is 14.4. The van der Waals surface area contributed by atoms with Crippen LogP contribution in [0.3, 0.4) is 0 Å². The first-order valence-electron chi connectivity index (χ1n) is 16.7. The molecule has 4 aromatic carbocycles. The summed E-state index contributed by atoms with van der Waals surface area (Å²) in [5.41, 5.74) is 6.53. The van der Waals surface area contributed by atoms with Crippen molar-refractivity contribution in [3.05, 3.63) is 117 Å². The zero-order valence-corrected chi connectivity index (χ0v) is 28.6. The van der Waals surface area contributed by atoms with Crippen LogP contribution in [0.4, 0.5) is 0 Å². The van der Waals surface area contributed by atoms with E-state index in [0.717, 1.165) is 44.5 Å². The van der Waals surface area contributed by atoms with Crippen LogP contribution in [0.15, 0.2) is 72.8 Å². The molecule has 0 radical (unpaired) electrons. The molecule has 0 aromatic heterocycles. The van der Waals surface area contributed by atoms with E-state index in [-0.39, 0.29) is 23.0 Å². The highest BCUT2D eigenvalue weighted by Gasteiger charge is 2.47. The minimum Gasteiger partial charge on any atom is -0.508 e. The Morgan fingerprint density at radius 2 is 0.702 bits per heavy atom. The van der Waals surface area contributed by atoms with Gasteiger partial charge in [0.05, 0.1) is 10.5 Å². The van der Waals surface area contributed by atoms with Crippen molar-refractivity contribution >= 4 is 9.84 Å². The molecule has 2 aliphatic carbocycles. The average Bonchev–Trinajstić information content (AvgIpc) is 3.06. The summed E-state index contributed by atoms with van der Waals surface area (Å²) in [4.78, 5) is 0. The number of phenolic OH excluding ortho intramolecular Hbond substituents is 4. The molecule has 248 valence electrons. The van der Waals surface area contributed by atoms with Crippen LogP contribution in [0.1, 0.15) is 95.9 Å². The summed E-state index contributed by atoms with van der Waals surface area (Å²) >= 11 is 0. The minimum absolute atomic E-state index is 0.236. The van der Waals surface area contributed by atoms with Crippen molar-refractivity contribution in [2.75, 3.05) is 0 Å². The second-order valence-electron chi connectivity index (χ2n) is 14.2. The Kier molecular flexibility index (Phi) is 8.58. The van der Waals surface area contributed by atoms with Crippen molar-refractivity contribution in [3.63, 3.8) is 0 Å². The van der Waals surface area contributed by atoms with E-state index in [1.165, 1.54) is 0 Å². The lowest BCUT2D eigenvalue weighted by molar-refractivity contribution is 0.326. The lowest BCUT2D eigenvalue weighted by Gasteiger charge is -2.44. The summed E-state index contributed by atoms with van der Waals surface area (Å²) in [5, 5.41) is 40.2. The zero-order chi connectivity index (χ0) is 33.7. The van der Waals surface area contributed by atoms with Crippen LogP contribution >= 0.6 is 0 Å². The molecule has 2 fully saturated rings. The molecule has 4 aromatic rings. The van der Waals surface area contributed by atoms with E-state index in [1.807, 2.05) is 76.2 Å². The van der Waals surface area contributed by atoms with Crippen LogP contribution in [0.2, 0.25) is 0 Å². The molecule has 7 heteroatoms. The Morgan fingerprint density at radius 1 is 0.468 bits per heavy atom. The Hall–Kier alpha value is -3.97. The van der Waals surface area contributed by atoms with Crippen molar-refractivity contribution in [1.82, 2.24) is 0 Å². The number of aromatic hydroxyl groups is 4. The van der Waals surface area contributed by atoms with E-state index >= 15 is 0 Å². The number of hydrogen-bond acceptors (Lipinski definition) is 6. The lowest BCUT2D eigenvalue weighted by Crippen LogP contribution is -2.44. The highest BCUT2D eigenvalue weighted by atomic mass is 32.2. The first-order valence-corrected chi connectivity index (χ1v) is 18.3. The Morgan fingerprint density at radius 3 is 0.915 bits per heavy atom. The van der Waals surface area contributed by atoms with Crippen LogP contribution < -0.4 is 0 Å². The van der Waals surface area contributed by atoms with Gasteiger partial charge in [-0.1, -0.05) is 48.5 Å². The van der Waals surface area contributed by atoms with Gasteiger partial charge in [-0.3, -0.25) is 0 Å². The maximum atomic E-state index is 14.4. The van der Waals surface area contributed by atoms with Gasteiger partial charge in [0, 0.05) is 10.8 Å². The SMILES string of the molecule is Cc1cc(C2(c3ccc(O)c(C)c3)CCC(S(=O)(=O)C3CCC(c4ccc(O)c(C)c4)(c4ccc(O)c(C)c4)CC3)CC2)ccc1O. The van der Waals surface area contributed by atoms with Gasteiger partial charge >= 0.3 is 0 Å². The molecule has 0 spiro atoms.